The molecule has 28 heavy (non-hydrogen) atoms. The maximum absolute atomic E-state index is 13.1. The molecule has 0 radical (unpaired) electrons. The first-order valence-corrected chi connectivity index (χ1v) is 9.26. The molecule has 4 rings (SSSR count). The Labute approximate surface area is 163 Å². The Balaban J connectivity index is 2.26. The summed E-state index contributed by atoms with van der Waals surface area (Å²) in [6.45, 7) is 6.16. The molecule has 0 N–H and O–H groups in total. The molecular formula is C23H23N3O2. The highest BCUT2D eigenvalue weighted by atomic mass is 16.2. The monoisotopic (exact) mass is 373 g/mol. The van der Waals surface area contributed by atoms with E-state index in [4.69, 9.17) is 0 Å². The number of fused-ring (bicyclic) bond motifs is 1. The van der Waals surface area contributed by atoms with Crippen LogP contribution in [0.2, 0.25) is 0 Å². The van der Waals surface area contributed by atoms with Crippen molar-refractivity contribution in [1.82, 2.24) is 13.7 Å². The Morgan fingerprint density at radius 3 is 2.21 bits per heavy atom. The Kier molecular flexibility index (Phi) is 4.11. The van der Waals surface area contributed by atoms with Gasteiger partial charge in [-0.25, -0.2) is 4.79 Å². The maximum atomic E-state index is 13.1. The van der Waals surface area contributed by atoms with Gasteiger partial charge in [0.15, 0.2) is 0 Å². The first kappa shape index (κ1) is 18.0. The minimum atomic E-state index is -0.327. The molecule has 0 amide bonds. The van der Waals surface area contributed by atoms with Crippen molar-refractivity contribution in [3.05, 3.63) is 86.2 Å². The van der Waals surface area contributed by atoms with Crippen LogP contribution < -0.4 is 11.2 Å². The lowest BCUT2D eigenvalue weighted by molar-refractivity contribution is 0.714. The van der Waals surface area contributed by atoms with E-state index in [9.17, 15) is 9.59 Å². The first-order chi connectivity index (χ1) is 13.3. The third-order valence-corrected chi connectivity index (χ3v) is 5.45. The lowest BCUT2D eigenvalue weighted by Gasteiger charge is -2.14. The fourth-order valence-electron chi connectivity index (χ4n) is 3.91. The second-order valence-electron chi connectivity index (χ2n) is 7.42. The van der Waals surface area contributed by atoms with Gasteiger partial charge in [0, 0.05) is 31.5 Å². The van der Waals surface area contributed by atoms with Crippen LogP contribution in [0, 0.1) is 20.8 Å². The van der Waals surface area contributed by atoms with E-state index in [2.05, 4.69) is 32.0 Å². The molecule has 0 aliphatic heterocycles. The fourth-order valence-corrected chi connectivity index (χ4v) is 3.91. The summed E-state index contributed by atoms with van der Waals surface area (Å²) in [5.74, 6) is 0. The predicted molar refractivity (Wildman–Crippen MR) is 113 cm³/mol. The van der Waals surface area contributed by atoms with E-state index < -0.39 is 0 Å². The molecule has 2 heterocycles. The van der Waals surface area contributed by atoms with Crippen molar-refractivity contribution in [2.75, 3.05) is 0 Å². The molecule has 0 saturated heterocycles. The van der Waals surface area contributed by atoms with Crippen molar-refractivity contribution < 1.29 is 0 Å². The SMILES string of the molecule is Cc1ccc(-n2cc3c(c2-c2ccccc2C)c(=O)n(C)c(=O)n3C)c(C)c1. The number of hydrogen-bond donors (Lipinski definition) is 0. The number of rotatable bonds is 2. The van der Waals surface area contributed by atoms with Gasteiger partial charge in [-0.3, -0.25) is 13.9 Å². The molecule has 0 atom stereocenters. The van der Waals surface area contributed by atoms with Crippen LogP contribution in [0.3, 0.4) is 0 Å². The number of aryl methyl sites for hydroxylation is 4. The van der Waals surface area contributed by atoms with Gasteiger partial charge >= 0.3 is 5.69 Å². The van der Waals surface area contributed by atoms with Crippen molar-refractivity contribution >= 4 is 10.9 Å². The van der Waals surface area contributed by atoms with E-state index in [1.807, 2.05) is 42.0 Å². The van der Waals surface area contributed by atoms with Gasteiger partial charge in [0.25, 0.3) is 5.56 Å². The summed E-state index contributed by atoms with van der Waals surface area (Å²) in [6.07, 6.45) is 1.90. The largest absolute Gasteiger partial charge is 0.330 e. The first-order valence-electron chi connectivity index (χ1n) is 9.26. The molecule has 0 aliphatic carbocycles. The van der Waals surface area contributed by atoms with Crippen molar-refractivity contribution in [3.8, 4) is 16.9 Å². The van der Waals surface area contributed by atoms with Gasteiger partial charge in [-0.15, -0.1) is 0 Å². The summed E-state index contributed by atoms with van der Waals surface area (Å²) in [7, 11) is 3.23. The number of nitrogens with zero attached hydrogens (tertiary/aromatic N) is 3. The zero-order valence-electron chi connectivity index (χ0n) is 16.8. The molecule has 0 unspecified atom stereocenters. The summed E-state index contributed by atoms with van der Waals surface area (Å²) in [6, 6.07) is 14.3. The highest BCUT2D eigenvalue weighted by Crippen LogP contribution is 2.33. The molecule has 4 aromatic rings. The topological polar surface area (TPSA) is 48.9 Å². The molecule has 0 fully saturated rings. The zero-order valence-corrected chi connectivity index (χ0v) is 16.8. The van der Waals surface area contributed by atoms with Crippen LogP contribution in [0.25, 0.3) is 27.8 Å². The minimum Gasteiger partial charge on any atom is -0.313 e. The van der Waals surface area contributed by atoms with Crippen molar-refractivity contribution in [3.63, 3.8) is 0 Å². The Hall–Kier alpha value is -3.34. The average Bonchev–Trinajstić information content (AvgIpc) is 3.05. The normalized spacial score (nSPS) is 11.3. The van der Waals surface area contributed by atoms with E-state index in [0.717, 1.165) is 28.1 Å². The van der Waals surface area contributed by atoms with E-state index in [0.29, 0.717) is 10.9 Å². The second kappa shape index (κ2) is 6.37. The van der Waals surface area contributed by atoms with Gasteiger partial charge in [0.1, 0.15) is 0 Å². The zero-order chi connectivity index (χ0) is 20.2. The van der Waals surface area contributed by atoms with E-state index in [1.165, 1.54) is 17.2 Å². The summed E-state index contributed by atoms with van der Waals surface area (Å²) in [5.41, 5.74) is 6.18. The van der Waals surface area contributed by atoms with Gasteiger partial charge in [-0.2, -0.15) is 0 Å². The van der Waals surface area contributed by atoms with Gasteiger partial charge in [-0.1, -0.05) is 42.0 Å². The summed E-state index contributed by atoms with van der Waals surface area (Å²) in [5, 5.41) is 0.555. The summed E-state index contributed by atoms with van der Waals surface area (Å²) >= 11 is 0. The standard InChI is InChI=1S/C23H23N3O2/c1-14-10-11-18(16(3)12-14)26-13-19-20(22(27)25(5)23(28)24(19)4)21(26)17-9-7-6-8-15(17)2/h6-13H,1-5H3. The van der Waals surface area contributed by atoms with Crippen molar-refractivity contribution in [2.45, 2.75) is 20.8 Å². The molecule has 5 heteroatoms. The molecule has 0 bridgehead atoms. The van der Waals surface area contributed by atoms with Gasteiger partial charge in [0.05, 0.1) is 16.6 Å². The number of hydrogen-bond acceptors (Lipinski definition) is 2. The van der Waals surface area contributed by atoms with Crippen LogP contribution in [0.1, 0.15) is 16.7 Å². The van der Waals surface area contributed by atoms with E-state index >= 15 is 0 Å². The highest BCUT2D eigenvalue weighted by molar-refractivity contribution is 5.95. The quantitative estimate of drug-likeness (QED) is 0.539. The Morgan fingerprint density at radius 1 is 0.821 bits per heavy atom. The molecule has 0 saturated carbocycles. The third-order valence-electron chi connectivity index (χ3n) is 5.45. The van der Waals surface area contributed by atoms with Crippen LogP contribution >= 0.6 is 0 Å². The van der Waals surface area contributed by atoms with Crippen molar-refractivity contribution in [1.29, 1.82) is 0 Å². The fraction of sp³-hybridized carbons (Fsp3) is 0.217. The lowest BCUT2D eigenvalue weighted by atomic mass is 10.0. The van der Waals surface area contributed by atoms with E-state index in [-0.39, 0.29) is 11.2 Å². The van der Waals surface area contributed by atoms with Crippen LogP contribution in [-0.4, -0.2) is 13.7 Å². The van der Waals surface area contributed by atoms with Crippen LogP contribution in [0.5, 0.6) is 0 Å². The maximum Gasteiger partial charge on any atom is 0.330 e. The van der Waals surface area contributed by atoms with Crippen LogP contribution in [-0.2, 0) is 14.1 Å². The predicted octanol–water partition coefficient (Wildman–Crippen LogP) is 3.62. The summed E-state index contributed by atoms with van der Waals surface area (Å²) in [4.78, 5) is 25.6. The molecule has 5 nitrogen and oxygen atoms in total. The molecule has 142 valence electrons. The number of aromatic nitrogens is 3. The average molecular weight is 373 g/mol. The molecule has 2 aromatic heterocycles. The lowest BCUT2D eigenvalue weighted by Crippen LogP contribution is -2.36. The Bertz CT molecular complexity index is 1350. The molecule has 0 aliphatic rings. The third kappa shape index (κ3) is 2.54. The number of benzene rings is 2. The highest BCUT2D eigenvalue weighted by Gasteiger charge is 2.21. The van der Waals surface area contributed by atoms with Crippen molar-refractivity contribution in [2.24, 2.45) is 14.1 Å². The smallest absolute Gasteiger partial charge is 0.313 e. The minimum absolute atomic E-state index is 0.278. The van der Waals surface area contributed by atoms with Gasteiger partial charge < -0.3 is 4.57 Å². The molecular weight excluding hydrogens is 350 g/mol. The van der Waals surface area contributed by atoms with Crippen LogP contribution in [0.4, 0.5) is 0 Å². The Morgan fingerprint density at radius 2 is 1.54 bits per heavy atom. The second-order valence-corrected chi connectivity index (χ2v) is 7.42. The van der Waals surface area contributed by atoms with Gasteiger partial charge in [-0.05, 0) is 38.0 Å². The molecule has 2 aromatic carbocycles. The van der Waals surface area contributed by atoms with E-state index in [1.54, 1.807) is 11.6 Å². The van der Waals surface area contributed by atoms with Crippen LogP contribution in [0.15, 0.2) is 58.3 Å². The summed E-state index contributed by atoms with van der Waals surface area (Å²) < 4.78 is 4.76. The van der Waals surface area contributed by atoms with Gasteiger partial charge in [0.2, 0.25) is 0 Å². The molecule has 0 spiro atoms.